The van der Waals surface area contributed by atoms with Crippen molar-refractivity contribution in [3.8, 4) is 0 Å². The van der Waals surface area contributed by atoms with E-state index in [4.69, 9.17) is 21.9 Å². The van der Waals surface area contributed by atoms with Crippen molar-refractivity contribution in [1.29, 1.82) is 0 Å². The van der Waals surface area contributed by atoms with Crippen LogP contribution in [-0.4, -0.2) is 37.0 Å². The minimum atomic E-state index is -0.796. The Kier molecular flexibility index (Phi) is 3.54. The number of amides is 1. The molecule has 2 N–H and O–H groups in total. The van der Waals surface area contributed by atoms with E-state index in [1.165, 1.54) is 0 Å². The smallest absolute Gasteiger partial charge is 0.227 e. The lowest BCUT2D eigenvalue weighted by atomic mass is 9.77. The maximum atomic E-state index is 11.9. The molecule has 3 atom stereocenters. The lowest BCUT2D eigenvalue weighted by Crippen LogP contribution is -2.48. The Morgan fingerprint density at radius 1 is 1.56 bits per heavy atom. The lowest BCUT2D eigenvalue weighted by Gasteiger charge is -2.36. The third-order valence-electron chi connectivity index (χ3n) is 4.06. The lowest BCUT2D eigenvalue weighted by molar-refractivity contribution is -0.130. The molecule has 0 aromatic heterocycles. The van der Waals surface area contributed by atoms with Gasteiger partial charge in [-0.2, -0.15) is 0 Å². The van der Waals surface area contributed by atoms with Crippen molar-refractivity contribution >= 4 is 17.8 Å². The number of hydrogen-bond donors (Lipinski definition) is 1. The maximum absolute atomic E-state index is 11.9. The van der Waals surface area contributed by atoms with Crippen molar-refractivity contribution in [2.45, 2.75) is 18.4 Å². The van der Waals surface area contributed by atoms with Gasteiger partial charge in [-0.1, -0.05) is 18.2 Å². The zero-order valence-electron chi connectivity index (χ0n) is 10.7. The summed E-state index contributed by atoms with van der Waals surface area (Å²) in [7, 11) is 3.96. The van der Waals surface area contributed by atoms with Crippen LogP contribution in [0.3, 0.4) is 0 Å². The van der Waals surface area contributed by atoms with Gasteiger partial charge in [0.05, 0.1) is 17.3 Å². The van der Waals surface area contributed by atoms with Crippen LogP contribution in [-0.2, 0) is 9.08 Å². The highest BCUT2D eigenvalue weighted by Gasteiger charge is 2.70. The summed E-state index contributed by atoms with van der Waals surface area (Å²) in [4.78, 5) is 14.0. The molecule has 0 saturated heterocycles. The first kappa shape index (κ1) is 13.6. The third kappa shape index (κ3) is 1.88. The summed E-state index contributed by atoms with van der Waals surface area (Å²) in [6.07, 6.45) is 8.91. The monoisotopic (exact) mass is 270 g/mol. The molecular formula is C13H19ClN2O2. The summed E-state index contributed by atoms with van der Waals surface area (Å²) in [6, 6.07) is 0. The van der Waals surface area contributed by atoms with E-state index in [0.29, 0.717) is 6.42 Å². The van der Waals surface area contributed by atoms with E-state index in [9.17, 15) is 4.79 Å². The average Bonchev–Trinajstić information content (AvgIpc) is 3.05. The van der Waals surface area contributed by atoms with Gasteiger partial charge >= 0.3 is 0 Å². The molecule has 1 fully saturated rings. The average molecular weight is 271 g/mol. The molecule has 0 heterocycles. The third-order valence-corrected chi connectivity index (χ3v) is 4.33. The first-order valence-electron chi connectivity index (χ1n) is 6.07. The van der Waals surface area contributed by atoms with E-state index in [1.807, 2.05) is 38.4 Å². The SMILES string of the molecule is CN(C)CC1CC1(C(N)=O)C1(OCl)C=CC=CC1. The summed E-state index contributed by atoms with van der Waals surface area (Å²) >= 11 is 5.70. The van der Waals surface area contributed by atoms with Crippen molar-refractivity contribution in [1.82, 2.24) is 4.90 Å². The summed E-state index contributed by atoms with van der Waals surface area (Å²) < 4.78 is 5.19. The molecule has 100 valence electrons. The van der Waals surface area contributed by atoms with Crippen molar-refractivity contribution in [3.05, 3.63) is 24.3 Å². The van der Waals surface area contributed by atoms with Crippen LogP contribution in [0, 0.1) is 11.3 Å². The van der Waals surface area contributed by atoms with Crippen LogP contribution >= 0.6 is 11.9 Å². The number of hydrogen-bond acceptors (Lipinski definition) is 3. The van der Waals surface area contributed by atoms with Crippen LogP contribution in [0.2, 0.25) is 0 Å². The molecule has 0 radical (unpaired) electrons. The van der Waals surface area contributed by atoms with Crippen LogP contribution in [0.15, 0.2) is 24.3 Å². The number of nitrogens with two attached hydrogens (primary N) is 1. The first-order valence-corrected chi connectivity index (χ1v) is 6.38. The zero-order chi connectivity index (χ0) is 13.4. The highest BCUT2D eigenvalue weighted by molar-refractivity contribution is 6.08. The van der Waals surface area contributed by atoms with Crippen LogP contribution in [0.25, 0.3) is 0 Å². The molecule has 1 saturated carbocycles. The van der Waals surface area contributed by atoms with Gasteiger partial charge in [-0.05, 0) is 32.5 Å². The summed E-state index contributed by atoms with van der Waals surface area (Å²) in [5, 5.41) is 0. The highest BCUT2D eigenvalue weighted by atomic mass is 35.5. The number of nitrogens with zero attached hydrogens (tertiary/aromatic N) is 1. The molecule has 5 heteroatoms. The first-order chi connectivity index (χ1) is 8.48. The van der Waals surface area contributed by atoms with E-state index in [1.54, 1.807) is 0 Å². The normalized spacial score (nSPS) is 38.1. The molecule has 0 aromatic carbocycles. The molecule has 18 heavy (non-hydrogen) atoms. The fraction of sp³-hybridized carbons (Fsp3) is 0.615. The maximum Gasteiger partial charge on any atom is 0.227 e. The second-order valence-electron chi connectivity index (χ2n) is 5.46. The van der Waals surface area contributed by atoms with Gasteiger partial charge < -0.3 is 10.6 Å². The Bertz CT molecular complexity index is 408. The van der Waals surface area contributed by atoms with Gasteiger partial charge in [0, 0.05) is 13.0 Å². The molecule has 4 nitrogen and oxygen atoms in total. The highest BCUT2D eigenvalue weighted by Crippen LogP contribution is 2.63. The van der Waals surface area contributed by atoms with Gasteiger partial charge in [-0.25, -0.2) is 0 Å². The van der Waals surface area contributed by atoms with Crippen molar-refractivity contribution in [2.75, 3.05) is 20.6 Å². The minimum Gasteiger partial charge on any atom is -0.369 e. The van der Waals surface area contributed by atoms with E-state index >= 15 is 0 Å². The fourth-order valence-corrected chi connectivity index (χ4v) is 3.33. The number of carbonyl (C=O) groups excluding carboxylic acids is 1. The summed E-state index contributed by atoms with van der Waals surface area (Å²) in [6.45, 7) is 0.808. The van der Waals surface area contributed by atoms with Crippen molar-refractivity contribution < 1.29 is 9.08 Å². The van der Waals surface area contributed by atoms with Gasteiger partial charge in [0.25, 0.3) is 0 Å². The topological polar surface area (TPSA) is 55.6 Å². The van der Waals surface area contributed by atoms with Gasteiger partial charge in [0.1, 0.15) is 5.60 Å². The molecule has 0 aliphatic heterocycles. The van der Waals surface area contributed by atoms with Crippen LogP contribution < -0.4 is 5.73 Å². The Morgan fingerprint density at radius 3 is 2.72 bits per heavy atom. The molecule has 1 amide bonds. The van der Waals surface area contributed by atoms with E-state index in [0.717, 1.165) is 13.0 Å². The molecule has 2 aliphatic rings. The summed E-state index contributed by atoms with van der Waals surface area (Å²) in [5.74, 6) is -0.130. The number of primary amides is 1. The van der Waals surface area contributed by atoms with Gasteiger partial charge in [-0.15, -0.1) is 0 Å². The second-order valence-corrected chi connectivity index (χ2v) is 5.61. The zero-order valence-corrected chi connectivity index (χ0v) is 11.5. The molecule has 2 aliphatic carbocycles. The molecule has 0 aromatic rings. The molecule has 2 rings (SSSR count). The quantitative estimate of drug-likeness (QED) is 0.823. The van der Waals surface area contributed by atoms with Crippen LogP contribution in [0.5, 0.6) is 0 Å². The number of rotatable bonds is 5. The molecular weight excluding hydrogens is 252 g/mol. The predicted octanol–water partition coefficient (Wildman–Crippen LogP) is 1.46. The standard InChI is InChI=1S/C13H19ClN2O2/c1-16(2)9-10-8-13(10,11(15)17)12(18-14)6-4-3-5-7-12/h3-6,10H,7-9H2,1-2H3,(H2,15,17). The van der Waals surface area contributed by atoms with Crippen molar-refractivity contribution in [3.63, 3.8) is 0 Å². The van der Waals surface area contributed by atoms with Gasteiger partial charge in [-0.3, -0.25) is 9.08 Å². The van der Waals surface area contributed by atoms with Crippen LogP contribution in [0.4, 0.5) is 0 Å². The number of halogens is 1. The molecule has 3 unspecified atom stereocenters. The Labute approximate surface area is 113 Å². The molecule has 0 spiro atoms. The van der Waals surface area contributed by atoms with Crippen molar-refractivity contribution in [2.24, 2.45) is 17.1 Å². The Balaban J connectivity index is 2.29. The van der Waals surface area contributed by atoms with Gasteiger partial charge in [0.15, 0.2) is 0 Å². The number of allylic oxidation sites excluding steroid dienone is 2. The fourth-order valence-electron chi connectivity index (χ4n) is 3.08. The van der Waals surface area contributed by atoms with Gasteiger partial charge in [0.2, 0.25) is 5.91 Å². The largest absolute Gasteiger partial charge is 0.369 e. The Hall–Kier alpha value is -0.840. The van der Waals surface area contributed by atoms with E-state index < -0.39 is 11.0 Å². The van der Waals surface area contributed by atoms with E-state index in [-0.39, 0.29) is 11.8 Å². The second kappa shape index (κ2) is 4.68. The minimum absolute atomic E-state index is 0.194. The Morgan fingerprint density at radius 2 is 2.28 bits per heavy atom. The summed E-state index contributed by atoms with van der Waals surface area (Å²) in [5.41, 5.74) is 4.16. The predicted molar refractivity (Wildman–Crippen MR) is 70.9 cm³/mol. The molecule has 0 bridgehead atoms. The van der Waals surface area contributed by atoms with E-state index in [2.05, 4.69) is 4.90 Å². The number of carbonyl (C=O) groups is 1. The van der Waals surface area contributed by atoms with Crippen LogP contribution in [0.1, 0.15) is 12.8 Å².